The number of nitrogens with zero attached hydrogens (tertiary/aromatic N) is 1. The predicted molar refractivity (Wildman–Crippen MR) is 144 cm³/mol. The molecule has 0 N–H and O–H groups in total. The van der Waals surface area contributed by atoms with E-state index >= 15 is 0 Å². The van der Waals surface area contributed by atoms with Crippen LogP contribution in [0.3, 0.4) is 0 Å². The maximum Gasteiger partial charge on any atom is 0.293 e. The molecule has 3 aromatic rings. The van der Waals surface area contributed by atoms with E-state index in [0.29, 0.717) is 48.7 Å². The van der Waals surface area contributed by atoms with Gasteiger partial charge in [-0.1, -0.05) is 59.6 Å². The van der Waals surface area contributed by atoms with Crippen molar-refractivity contribution in [3.63, 3.8) is 0 Å². The quantitative estimate of drug-likeness (QED) is 0.248. The Morgan fingerprint density at radius 3 is 2.29 bits per heavy atom. The van der Waals surface area contributed by atoms with Crippen LogP contribution in [0.1, 0.15) is 23.6 Å². The van der Waals surface area contributed by atoms with E-state index in [4.69, 9.17) is 32.7 Å². The number of amides is 2. The molecule has 35 heavy (non-hydrogen) atoms. The average molecular weight is 593 g/mol. The molecule has 1 saturated heterocycles. The minimum Gasteiger partial charge on any atom is -0.490 e. The van der Waals surface area contributed by atoms with Crippen molar-refractivity contribution in [2.75, 3.05) is 6.61 Å². The standard InChI is InChI=1S/C26H20BrCl2NO4S/c1-2-33-22-12-16(11-19(27)24(22)34-15-18-8-4-6-10-21(18)29)13-23-25(31)30(26(32)35-23)14-17-7-3-5-9-20(17)28/h3-13H,2,14-15H2,1H3/b23-13+. The highest BCUT2D eigenvalue weighted by Crippen LogP contribution is 2.40. The van der Waals surface area contributed by atoms with Gasteiger partial charge in [0, 0.05) is 15.6 Å². The van der Waals surface area contributed by atoms with Gasteiger partial charge in [0.15, 0.2) is 11.5 Å². The number of benzene rings is 3. The maximum atomic E-state index is 13.0. The number of hydrogen-bond donors (Lipinski definition) is 0. The third kappa shape index (κ3) is 6.04. The van der Waals surface area contributed by atoms with E-state index < -0.39 is 0 Å². The average Bonchev–Trinajstić information content (AvgIpc) is 3.08. The number of carbonyl (C=O) groups excluding carboxylic acids is 2. The number of thioether (sulfide) groups is 1. The van der Waals surface area contributed by atoms with Crippen molar-refractivity contribution in [1.29, 1.82) is 0 Å². The first kappa shape index (κ1) is 25.6. The lowest BCUT2D eigenvalue weighted by molar-refractivity contribution is -0.123. The van der Waals surface area contributed by atoms with Gasteiger partial charge in [0.2, 0.25) is 0 Å². The van der Waals surface area contributed by atoms with Crippen LogP contribution < -0.4 is 9.47 Å². The minimum atomic E-state index is -0.368. The van der Waals surface area contributed by atoms with Gasteiger partial charge in [0.1, 0.15) is 6.61 Å². The molecule has 0 atom stereocenters. The van der Waals surface area contributed by atoms with Gasteiger partial charge in [-0.05, 0) is 76.1 Å². The summed E-state index contributed by atoms with van der Waals surface area (Å²) in [4.78, 5) is 27.1. The van der Waals surface area contributed by atoms with Crippen molar-refractivity contribution in [2.45, 2.75) is 20.1 Å². The topological polar surface area (TPSA) is 55.8 Å². The molecule has 0 bridgehead atoms. The van der Waals surface area contributed by atoms with Gasteiger partial charge in [-0.15, -0.1) is 0 Å². The number of ether oxygens (including phenoxy) is 2. The van der Waals surface area contributed by atoms with Crippen LogP contribution in [0.15, 0.2) is 70.0 Å². The van der Waals surface area contributed by atoms with Crippen LogP contribution in [-0.2, 0) is 17.9 Å². The lowest BCUT2D eigenvalue weighted by Crippen LogP contribution is -2.27. The van der Waals surface area contributed by atoms with E-state index in [1.807, 2.05) is 37.3 Å². The first-order chi connectivity index (χ1) is 16.9. The molecular weight excluding hydrogens is 573 g/mol. The van der Waals surface area contributed by atoms with Crippen LogP contribution in [0.25, 0.3) is 6.08 Å². The van der Waals surface area contributed by atoms with Crippen molar-refractivity contribution in [3.05, 3.63) is 96.8 Å². The van der Waals surface area contributed by atoms with Gasteiger partial charge < -0.3 is 9.47 Å². The van der Waals surface area contributed by atoms with Crippen LogP contribution in [0, 0.1) is 0 Å². The normalized spacial score (nSPS) is 14.6. The fourth-order valence-electron chi connectivity index (χ4n) is 3.42. The van der Waals surface area contributed by atoms with E-state index in [-0.39, 0.29) is 24.3 Å². The first-order valence-electron chi connectivity index (χ1n) is 10.7. The molecule has 2 amide bonds. The molecule has 1 heterocycles. The molecule has 0 unspecified atom stereocenters. The summed E-state index contributed by atoms with van der Waals surface area (Å²) in [6, 6.07) is 18.2. The highest BCUT2D eigenvalue weighted by molar-refractivity contribution is 9.10. The van der Waals surface area contributed by atoms with Gasteiger partial charge in [-0.25, -0.2) is 0 Å². The summed E-state index contributed by atoms with van der Waals surface area (Å²) in [7, 11) is 0. The molecule has 5 nitrogen and oxygen atoms in total. The smallest absolute Gasteiger partial charge is 0.293 e. The van der Waals surface area contributed by atoms with Gasteiger partial charge in [0.05, 0.1) is 22.5 Å². The van der Waals surface area contributed by atoms with Crippen molar-refractivity contribution in [1.82, 2.24) is 4.90 Å². The van der Waals surface area contributed by atoms with E-state index in [9.17, 15) is 9.59 Å². The molecule has 4 rings (SSSR count). The Bertz CT molecular complexity index is 1310. The van der Waals surface area contributed by atoms with Gasteiger partial charge in [-0.3, -0.25) is 14.5 Å². The second-order valence-electron chi connectivity index (χ2n) is 7.50. The van der Waals surface area contributed by atoms with Crippen LogP contribution in [-0.4, -0.2) is 22.7 Å². The van der Waals surface area contributed by atoms with Gasteiger partial charge in [-0.2, -0.15) is 0 Å². The zero-order chi connectivity index (χ0) is 24.9. The molecule has 0 aliphatic carbocycles. The van der Waals surface area contributed by atoms with Crippen molar-refractivity contribution in [3.8, 4) is 11.5 Å². The molecule has 1 aliphatic heterocycles. The second-order valence-corrected chi connectivity index (χ2v) is 10.2. The largest absolute Gasteiger partial charge is 0.490 e. The first-order valence-corrected chi connectivity index (χ1v) is 13.0. The molecule has 180 valence electrons. The number of hydrogen-bond acceptors (Lipinski definition) is 5. The van der Waals surface area contributed by atoms with Gasteiger partial charge in [0.25, 0.3) is 11.1 Å². The molecule has 0 spiro atoms. The summed E-state index contributed by atoms with van der Waals surface area (Å²) in [5.74, 6) is 0.666. The maximum absolute atomic E-state index is 13.0. The van der Waals surface area contributed by atoms with E-state index in [1.165, 1.54) is 4.90 Å². The number of halogens is 3. The van der Waals surface area contributed by atoms with E-state index in [0.717, 1.165) is 17.3 Å². The molecule has 3 aromatic carbocycles. The predicted octanol–water partition coefficient (Wildman–Crippen LogP) is 7.97. The molecule has 0 saturated carbocycles. The molecule has 1 fully saturated rings. The Morgan fingerprint density at radius 2 is 1.63 bits per heavy atom. The Kier molecular flexibility index (Phi) is 8.44. The SMILES string of the molecule is CCOc1cc(/C=C2/SC(=O)N(Cc3ccccc3Cl)C2=O)cc(Br)c1OCc1ccccc1Cl. The highest BCUT2D eigenvalue weighted by atomic mass is 79.9. The minimum absolute atomic E-state index is 0.115. The monoisotopic (exact) mass is 591 g/mol. The van der Waals surface area contributed by atoms with Crippen LogP contribution >= 0.6 is 50.9 Å². The zero-order valence-corrected chi connectivity index (χ0v) is 22.5. The van der Waals surface area contributed by atoms with Crippen LogP contribution in [0.4, 0.5) is 4.79 Å². The van der Waals surface area contributed by atoms with Crippen molar-refractivity contribution in [2.24, 2.45) is 0 Å². The highest BCUT2D eigenvalue weighted by Gasteiger charge is 2.35. The Hall–Kier alpha value is -2.45. The Morgan fingerprint density at radius 1 is 0.971 bits per heavy atom. The number of imide groups is 1. The molecule has 1 aliphatic rings. The number of rotatable bonds is 8. The molecule has 0 aromatic heterocycles. The summed E-state index contributed by atoms with van der Waals surface area (Å²) in [5.41, 5.74) is 2.24. The third-order valence-electron chi connectivity index (χ3n) is 5.12. The second kappa shape index (κ2) is 11.5. The summed E-state index contributed by atoms with van der Waals surface area (Å²) >= 11 is 16.9. The molecular formula is C26H20BrCl2NO4S. The lowest BCUT2D eigenvalue weighted by Gasteiger charge is -2.15. The van der Waals surface area contributed by atoms with Gasteiger partial charge >= 0.3 is 0 Å². The molecule has 9 heteroatoms. The Balaban J connectivity index is 1.57. The summed E-state index contributed by atoms with van der Waals surface area (Å²) < 4.78 is 12.5. The summed E-state index contributed by atoms with van der Waals surface area (Å²) in [6.07, 6.45) is 1.67. The van der Waals surface area contributed by atoms with Crippen molar-refractivity contribution >= 4 is 68.1 Å². The lowest BCUT2D eigenvalue weighted by atomic mass is 10.1. The molecule has 0 radical (unpaired) electrons. The van der Waals surface area contributed by atoms with E-state index in [1.54, 1.807) is 36.4 Å². The number of carbonyl (C=O) groups is 2. The third-order valence-corrected chi connectivity index (χ3v) is 7.35. The van der Waals surface area contributed by atoms with Crippen LogP contribution in [0.5, 0.6) is 11.5 Å². The Labute approximate surface area is 226 Å². The van der Waals surface area contributed by atoms with Crippen LogP contribution in [0.2, 0.25) is 10.0 Å². The fraction of sp³-hybridized carbons (Fsp3) is 0.154. The fourth-order valence-corrected chi connectivity index (χ4v) is 5.22. The van der Waals surface area contributed by atoms with Crippen molar-refractivity contribution < 1.29 is 19.1 Å². The summed E-state index contributed by atoms with van der Waals surface area (Å²) in [6.45, 7) is 2.67. The summed E-state index contributed by atoms with van der Waals surface area (Å²) in [5, 5.41) is 0.781. The zero-order valence-electron chi connectivity index (χ0n) is 18.6. The van der Waals surface area contributed by atoms with E-state index in [2.05, 4.69) is 15.9 Å².